The van der Waals surface area contributed by atoms with Gasteiger partial charge >= 0.3 is 0 Å². The Balaban J connectivity index is 1.88. The molecule has 0 spiro atoms. The predicted molar refractivity (Wildman–Crippen MR) is 131 cm³/mol. The molecule has 1 amide bonds. The van der Waals surface area contributed by atoms with E-state index in [-0.39, 0.29) is 11.9 Å². The Hall–Kier alpha value is -2.91. The maximum absolute atomic E-state index is 13.7. The van der Waals surface area contributed by atoms with E-state index in [1.807, 2.05) is 23.1 Å². The van der Waals surface area contributed by atoms with Crippen molar-refractivity contribution in [2.45, 2.75) is 50.6 Å². The van der Waals surface area contributed by atoms with Crippen molar-refractivity contribution in [3.05, 3.63) is 108 Å². The molecule has 1 fully saturated rings. The summed E-state index contributed by atoms with van der Waals surface area (Å²) in [5.41, 5.74) is 2.83. The number of carbonyl (C=O) groups excluding carboxylic acids is 1. The van der Waals surface area contributed by atoms with Crippen molar-refractivity contribution in [1.29, 1.82) is 0 Å². The van der Waals surface area contributed by atoms with Crippen molar-refractivity contribution >= 4 is 5.91 Å². The van der Waals surface area contributed by atoms with Gasteiger partial charge in [0.25, 0.3) is 0 Å². The molecule has 3 nitrogen and oxygen atoms in total. The third-order valence-corrected chi connectivity index (χ3v) is 6.67. The Kier molecular flexibility index (Phi) is 7.39. The van der Waals surface area contributed by atoms with Crippen LogP contribution in [0.2, 0.25) is 0 Å². The Bertz CT molecular complexity index is 875. The van der Waals surface area contributed by atoms with Crippen LogP contribution in [0.4, 0.5) is 0 Å². The zero-order chi connectivity index (χ0) is 22.2. The van der Waals surface area contributed by atoms with Gasteiger partial charge in [0.15, 0.2) is 0 Å². The minimum Gasteiger partial charge on any atom is -0.342 e. The molecule has 3 heteroatoms. The molecule has 0 aliphatic carbocycles. The van der Waals surface area contributed by atoms with E-state index in [4.69, 9.17) is 0 Å². The zero-order valence-electron chi connectivity index (χ0n) is 19.0. The van der Waals surface area contributed by atoms with Crippen LogP contribution in [0.25, 0.3) is 0 Å². The second kappa shape index (κ2) is 10.6. The van der Waals surface area contributed by atoms with E-state index in [0.29, 0.717) is 0 Å². The summed E-state index contributed by atoms with van der Waals surface area (Å²) in [7, 11) is 0. The number of benzene rings is 3. The molecule has 166 valence electrons. The Morgan fingerprint density at radius 3 is 1.69 bits per heavy atom. The third kappa shape index (κ3) is 4.63. The molecule has 1 atom stereocenters. The van der Waals surface area contributed by atoms with Crippen LogP contribution in [0.15, 0.2) is 91.0 Å². The molecule has 1 N–H and O–H groups in total. The molecular weight excluding hydrogens is 392 g/mol. The van der Waals surface area contributed by atoms with Crippen LogP contribution in [0.5, 0.6) is 0 Å². The predicted octanol–water partition coefficient (Wildman–Crippen LogP) is 5.75. The second-order valence-electron chi connectivity index (χ2n) is 8.67. The van der Waals surface area contributed by atoms with E-state index in [0.717, 1.165) is 49.0 Å². The van der Waals surface area contributed by atoms with Gasteiger partial charge in [-0.3, -0.25) is 10.1 Å². The fraction of sp³-hybridized carbons (Fsp3) is 0.345. The third-order valence-electron chi connectivity index (χ3n) is 6.67. The summed E-state index contributed by atoms with van der Waals surface area (Å²) in [5.74, 6) is 0.224. The molecular formula is C29H34N2O. The maximum atomic E-state index is 13.7. The van der Waals surface area contributed by atoms with Crippen molar-refractivity contribution in [3.8, 4) is 0 Å². The average molecular weight is 427 g/mol. The van der Waals surface area contributed by atoms with Crippen LogP contribution < -0.4 is 5.32 Å². The lowest BCUT2D eigenvalue weighted by atomic mass is 9.76. The monoisotopic (exact) mass is 426 g/mol. The smallest absolute Gasteiger partial charge is 0.239 e. The van der Waals surface area contributed by atoms with Gasteiger partial charge in [-0.2, -0.15) is 0 Å². The number of nitrogens with zero attached hydrogens (tertiary/aromatic N) is 1. The largest absolute Gasteiger partial charge is 0.342 e. The number of nitrogens with one attached hydrogen (secondary N) is 1. The highest BCUT2D eigenvalue weighted by Gasteiger charge is 2.40. The maximum Gasteiger partial charge on any atom is 0.239 e. The number of amides is 1. The summed E-state index contributed by atoms with van der Waals surface area (Å²) < 4.78 is 0. The molecule has 1 heterocycles. The molecule has 3 aromatic rings. The second-order valence-corrected chi connectivity index (χ2v) is 8.67. The molecule has 1 saturated heterocycles. The van der Waals surface area contributed by atoms with Crippen molar-refractivity contribution in [2.75, 3.05) is 13.1 Å². The quantitative estimate of drug-likeness (QED) is 0.509. The summed E-state index contributed by atoms with van der Waals surface area (Å²) in [6.07, 6.45) is 5.38. The van der Waals surface area contributed by atoms with Crippen LogP contribution in [0.3, 0.4) is 0 Å². The van der Waals surface area contributed by atoms with E-state index in [2.05, 4.69) is 85.0 Å². The fourth-order valence-electron chi connectivity index (χ4n) is 4.98. The number of hydrogen-bond donors (Lipinski definition) is 1. The van der Waals surface area contributed by atoms with E-state index < -0.39 is 5.54 Å². The summed E-state index contributed by atoms with van der Waals surface area (Å²) in [6.45, 7) is 3.69. The van der Waals surface area contributed by atoms with E-state index in [1.165, 1.54) is 12.8 Å². The lowest BCUT2D eigenvalue weighted by Crippen LogP contribution is -2.55. The van der Waals surface area contributed by atoms with Crippen molar-refractivity contribution < 1.29 is 4.79 Å². The van der Waals surface area contributed by atoms with Crippen LogP contribution in [-0.4, -0.2) is 29.9 Å². The van der Waals surface area contributed by atoms with Gasteiger partial charge in [0.1, 0.15) is 0 Å². The Morgan fingerprint density at radius 2 is 1.22 bits per heavy atom. The first kappa shape index (κ1) is 22.3. The average Bonchev–Trinajstić information content (AvgIpc) is 2.95. The van der Waals surface area contributed by atoms with Gasteiger partial charge in [-0.05, 0) is 36.5 Å². The molecule has 3 aromatic carbocycles. The first-order valence-electron chi connectivity index (χ1n) is 12.0. The zero-order valence-corrected chi connectivity index (χ0v) is 19.0. The minimum atomic E-state index is -0.614. The van der Waals surface area contributed by atoms with E-state index in [1.54, 1.807) is 0 Å². The summed E-state index contributed by atoms with van der Waals surface area (Å²) in [4.78, 5) is 15.8. The normalized spacial score (nSPS) is 18.0. The summed E-state index contributed by atoms with van der Waals surface area (Å²) in [5, 5.41) is 3.94. The topological polar surface area (TPSA) is 32.3 Å². The van der Waals surface area contributed by atoms with E-state index in [9.17, 15) is 4.79 Å². The Labute approximate surface area is 192 Å². The SMILES string of the molecule is CCN1CCCCCCC(NC(c2ccccc2)(c2ccccc2)c2ccccc2)C1=O. The molecule has 4 rings (SSSR count). The first-order valence-corrected chi connectivity index (χ1v) is 12.0. The Morgan fingerprint density at radius 1 is 0.750 bits per heavy atom. The summed E-state index contributed by atoms with van der Waals surface area (Å²) >= 11 is 0. The standard InChI is InChI=1S/C29H34N2O/c1-2-31-23-15-4-3-14-22-27(28(31)32)30-29(24-16-8-5-9-17-24,25-18-10-6-11-19-25)26-20-12-7-13-21-26/h5-13,16-21,27,30H,2-4,14-15,22-23H2,1H3. The lowest BCUT2D eigenvalue weighted by Gasteiger charge is -2.40. The molecule has 0 radical (unpaired) electrons. The van der Waals surface area contributed by atoms with Gasteiger partial charge in [0.2, 0.25) is 5.91 Å². The van der Waals surface area contributed by atoms with Gasteiger partial charge in [-0.15, -0.1) is 0 Å². The fourth-order valence-corrected chi connectivity index (χ4v) is 4.98. The highest BCUT2D eigenvalue weighted by Crippen LogP contribution is 2.38. The molecule has 1 unspecified atom stereocenters. The molecule has 1 aliphatic heterocycles. The van der Waals surface area contributed by atoms with Crippen LogP contribution >= 0.6 is 0 Å². The molecule has 0 saturated carbocycles. The number of carbonyl (C=O) groups is 1. The van der Waals surface area contributed by atoms with Gasteiger partial charge in [-0.1, -0.05) is 110 Å². The highest BCUT2D eigenvalue weighted by molar-refractivity contribution is 5.82. The molecule has 0 aromatic heterocycles. The molecule has 0 bridgehead atoms. The van der Waals surface area contributed by atoms with Crippen LogP contribution in [-0.2, 0) is 10.3 Å². The van der Waals surface area contributed by atoms with Gasteiger partial charge in [-0.25, -0.2) is 0 Å². The van der Waals surface area contributed by atoms with Gasteiger partial charge < -0.3 is 4.90 Å². The number of likely N-dealkylation sites (N-methyl/N-ethyl adjacent to an activating group) is 1. The first-order chi connectivity index (χ1) is 15.8. The van der Waals surface area contributed by atoms with Crippen LogP contribution in [0.1, 0.15) is 55.7 Å². The van der Waals surface area contributed by atoms with Gasteiger partial charge in [0.05, 0.1) is 11.6 Å². The highest BCUT2D eigenvalue weighted by atomic mass is 16.2. The number of rotatable bonds is 6. The lowest BCUT2D eigenvalue weighted by molar-refractivity contribution is -0.133. The number of hydrogen-bond acceptors (Lipinski definition) is 2. The van der Waals surface area contributed by atoms with Crippen molar-refractivity contribution in [1.82, 2.24) is 10.2 Å². The van der Waals surface area contributed by atoms with Gasteiger partial charge in [0, 0.05) is 13.1 Å². The molecule has 1 aliphatic rings. The van der Waals surface area contributed by atoms with Crippen molar-refractivity contribution in [3.63, 3.8) is 0 Å². The van der Waals surface area contributed by atoms with Crippen molar-refractivity contribution in [2.24, 2.45) is 0 Å². The molecule has 32 heavy (non-hydrogen) atoms. The minimum absolute atomic E-state index is 0.224. The van der Waals surface area contributed by atoms with Crippen LogP contribution in [0, 0.1) is 0 Å². The van der Waals surface area contributed by atoms with E-state index >= 15 is 0 Å². The summed E-state index contributed by atoms with van der Waals surface area (Å²) in [6, 6.07) is 31.4.